The van der Waals surface area contributed by atoms with Gasteiger partial charge in [-0.15, -0.1) is 11.8 Å². The first-order valence-corrected chi connectivity index (χ1v) is 17.5. The van der Waals surface area contributed by atoms with Gasteiger partial charge in [-0.25, -0.2) is 4.79 Å². The molecule has 0 aliphatic rings. The number of primary amides is 1. The summed E-state index contributed by atoms with van der Waals surface area (Å²) in [6, 6.07) is 25.6. The number of hydrogen-bond donors (Lipinski definition) is 4. The van der Waals surface area contributed by atoms with Gasteiger partial charge in [-0.05, 0) is 58.2 Å². The van der Waals surface area contributed by atoms with E-state index in [1.807, 2.05) is 105 Å². The summed E-state index contributed by atoms with van der Waals surface area (Å²) < 4.78 is 8.87. The lowest BCUT2D eigenvalue weighted by molar-refractivity contribution is -0.153. The molecule has 0 heterocycles. The van der Waals surface area contributed by atoms with Crippen LogP contribution in [0, 0.1) is 0 Å². The minimum absolute atomic E-state index is 0.483. The first-order valence-electron chi connectivity index (χ1n) is 16.7. The van der Waals surface area contributed by atoms with Gasteiger partial charge in [-0.3, -0.25) is 19.2 Å². The fourth-order valence-corrected chi connectivity index (χ4v) is 7.78. The molecule has 4 atom stereocenters. The number of carbonyl (C=O) groups is 5. The van der Waals surface area contributed by atoms with Crippen molar-refractivity contribution in [1.29, 1.82) is 0 Å². The van der Waals surface area contributed by atoms with Crippen molar-refractivity contribution in [3.8, 4) is 0 Å². The molecule has 1 unspecified atom stereocenters. The van der Waals surface area contributed by atoms with Gasteiger partial charge in [0.05, 0.1) is 30.0 Å². The van der Waals surface area contributed by atoms with E-state index in [2.05, 4.69) is 16.0 Å². The largest absolute Gasteiger partial charge is 0.467 e. The highest BCUT2D eigenvalue weighted by molar-refractivity contribution is 8.02. The standard InChI is InChI=1S/C39H50N4O7S/c1-25(50-37(3,4)5)32(36(48)49-8)43-34(46)30(24-31(40)45)42-35(47)33(41-26(2)44)38(6,7)51-39(27-18-12-9-13-19-27,28-20-14-10-15-21-28)29-22-16-11-17-23-29/h9-23,25,30,32-33H,24H2,1-8H3,(H2,40,45)(H,41,44)(H,42,47)(H,43,46)/t25?,30-,32-,33+/m0/s1. The van der Waals surface area contributed by atoms with Crippen molar-refractivity contribution in [2.75, 3.05) is 7.11 Å². The van der Waals surface area contributed by atoms with E-state index in [1.54, 1.807) is 27.7 Å². The van der Waals surface area contributed by atoms with Crippen molar-refractivity contribution in [2.24, 2.45) is 5.73 Å². The van der Waals surface area contributed by atoms with E-state index in [1.165, 1.54) is 25.8 Å². The number of methoxy groups -OCH3 is 1. The van der Waals surface area contributed by atoms with Crippen LogP contribution in [0.5, 0.6) is 0 Å². The van der Waals surface area contributed by atoms with Crippen LogP contribution in [0.2, 0.25) is 0 Å². The fraction of sp³-hybridized carbons (Fsp3) is 0.410. The summed E-state index contributed by atoms with van der Waals surface area (Å²) in [5.74, 6) is -3.73. The Morgan fingerprint density at radius 2 is 1.18 bits per heavy atom. The van der Waals surface area contributed by atoms with Gasteiger partial charge in [0.15, 0.2) is 6.04 Å². The molecule has 0 aliphatic heterocycles. The number of hydrogen-bond acceptors (Lipinski definition) is 8. The Labute approximate surface area is 304 Å². The number of nitrogens with one attached hydrogen (secondary N) is 3. The van der Waals surface area contributed by atoms with Crippen LogP contribution in [-0.4, -0.2) is 71.3 Å². The quantitative estimate of drug-likeness (QED) is 0.126. The molecule has 274 valence electrons. The molecule has 11 nitrogen and oxygen atoms in total. The molecule has 0 radical (unpaired) electrons. The van der Waals surface area contributed by atoms with Gasteiger partial charge in [-0.1, -0.05) is 91.0 Å². The smallest absolute Gasteiger partial charge is 0.331 e. The third kappa shape index (κ3) is 10.9. The average Bonchev–Trinajstić information content (AvgIpc) is 3.07. The molecule has 0 bridgehead atoms. The van der Waals surface area contributed by atoms with Crippen molar-refractivity contribution in [1.82, 2.24) is 16.0 Å². The van der Waals surface area contributed by atoms with Crippen molar-refractivity contribution < 1.29 is 33.4 Å². The average molecular weight is 719 g/mol. The van der Waals surface area contributed by atoms with Crippen molar-refractivity contribution in [2.45, 2.75) is 94.2 Å². The molecule has 0 fully saturated rings. The van der Waals surface area contributed by atoms with Crippen LogP contribution in [0.3, 0.4) is 0 Å². The van der Waals surface area contributed by atoms with Crippen LogP contribution in [0.15, 0.2) is 91.0 Å². The molecular formula is C39H50N4O7S. The van der Waals surface area contributed by atoms with E-state index in [9.17, 15) is 24.0 Å². The van der Waals surface area contributed by atoms with Crippen LogP contribution in [0.4, 0.5) is 0 Å². The maximum absolute atomic E-state index is 14.3. The summed E-state index contributed by atoms with van der Waals surface area (Å²) in [6.45, 7) is 11.9. The van der Waals surface area contributed by atoms with Gasteiger partial charge in [0.1, 0.15) is 12.1 Å². The maximum Gasteiger partial charge on any atom is 0.331 e. The molecule has 12 heteroatoms. The molecule has 0 saturated carbocycles. The van der Waals surface area contributed by atoms with Crippen LogP contribution in [0.25, 0.3) is 0 Å². The van der Waals surface area contributed by atoms with Crippen LogP contribution >= 0.6 is 11.8 Å². The summed E-state index contributed by atoms with van der Waals surface area (Å²) in [5.41, 5.74) is 7.68. The second-order valence-electron chi connectivity index (χ2n) is 13.8. The van der Waals surface area contributed by atoms with E-state index in [4.69, 9.17) is 15.2 Å². The molecule has 3 aromatic rings. The molecule has 0 saturated heterocycles. The Balaban J connectivity index is 2.08. The van der Waals surface area contributed by atoms with E-state index in [0.29, 0.717) is 0 Å². The topological polar surface area (TPSA) is 166 Å². The Hall–Kier alpha value is -4.68. The highest BCUT2D eigenvalue weighted by Crippen LogP contribution is 2.54. The van der Waals surface area contributed by atoms with Crippen molar-refractivity contribution >= 4 is 41.4 Å². The monoisotopic (exact) mass is 718 g/mol. The van der Waals surface area contributed by atoms with Gasteiger partial charge in [0.2, 0.25) is 23.6 Å². The van der Waals surface area contributed by atoms with E-state index in [0.717, 1.165) is 16.7 Å². The molecule has 3 aromatic carbocycles. The van der Waals surface area contributed by atoms with E-state index >= 15 is 0 Å². The zero-order valence-electron chi connectivity index (χ0n) is 30.5. The second-order valence-corrected chi connectivity index (χ2v) is 15.7. The van der Waals surface area contributed by atoms with Crippen molar-refractivity contribution in [3.05, 3.63) is 108 Å². The second kappa shape index (κ2) is 17.5. The zero-order valence-corrected chi connectivity index (χ0v) is 31.3. The van der Waals surface area contributed by atoms with E-state index < -0.39 is 75.3 Å². The Kier molecular flexibility index (Phi) is 14.0. The lowest BCUT2D eigenvalue weighted by Crippen LogP contribution is -2.62. The highest BCUT2D eigenvalue weighted by atomic mass is 32.2. The SMILES string of the molecule is COC(=O)[C@@H](NC(=O)[C@H](CC(N)=O)NC(=O)[C@@H](NC(C)=O)C(C)(C)SC(c1ccccc1)(c1ccccc1)c1ccccc1)C(C)OC(C)(C)C. The fourth-order valence-electron chi connectivity index (χ4n) is 5.95. The first-order chi connectivity index (χ1) is 23.9. The lowest BCUT2D eigenvalue weighted by atomic mass is 9.84. The molecule has 3 rings (SSSR count). The van der Waals surface area contributed by atoms with E-state index in [-0.39, 0.29) is 0 Å². The number of rotatable bonds is 16. The van der Waals surface area contributed by atoms with Gasteiger partial charge < -0.3 is 31.2 Å². The summed E-state index contributed by atoms with van der Waals surface area (Å²) in [7, 11) is 1.17. The maximum atomic E-state index is 14.3. The number of benzene rings is 3. The van der Waals surface area contributed by atoms with Gasteiger partial charge in [0, 0.05) is 11.7 Å². The normalized spacial score (nSPS) is 14.3. The summed E-state index contributed by atoms with van der Waals surface area (Å²) in [5, 5.41) is 8.00. The number of esters is 1. The molecule has 0 spiro atoms. The summed E-state index contributed by atoms with van der Waals surface area (Å²) >= 11 is 1.46. The predicted octanol–water partition coefficient (Wildman–Crippen LogP) is 4.22. The number of carbonyl (C=O) groups excluding carboxylic acids is 5. The summed E-state index contributed by atoms with van der Waals surface area (Å²) in [6.07, 6.45) is -1.42. The number of nitrogens with two attached hydrogens (primary N) is 1. The molecule has 51 heavy (non-hydrogen) atoms. The van der Waals surface area contributed by atoms with Crippen LogP contribution < -0.4 is 21.7 Å². The summed E-state index contributed by atoms with van der Waals surface area (Å²) in [4.78, 5) is 65.7. The minimum atomic E-state index is -1.50. The number of ether oxygens (including phenoxy) is 2. The molecular weight excluding hydrogens is 669 g/mol. The number of thioether (sulfide) groups is 1. The van der Waals surface area contributed by atoms with Gasteiger partial charge in [-0.2, -0.15) is 0 Å². The molecule has 0 aromatic heterocycles. The Morgan fingerprint density at radius 3 is 1.55 bits per heavy atom. The first kappa shape index (κ1) is 40.7. The van der Waals surface area contributed by atoms with Crippen LogP contribution in [-0.2, 0) is 38.2 Å². The minimum Gasteiger partial charge on any atom is -0.467 e. The zero-order chi connectivity index (χ0) is 38.0. The Morgan fingerprint density at radius 1 is 0.725 bits per heavy atom. The third-order valence-corrected chi connectivity index (χ3v) is 9.84. The van der Waals surface area contributed by atoms with Gasteiger partial charge in [0.25, 0.3) is 0 Å². The molecule has 4 amide bonds. The third-order valence-electron chi connectivity index (χ3n) is 8.06. The van der Waals surface area contributed by atoms with Gasteiger partial charge >= 0.3 is 5.97 Å². The Bertz CT molecular complexity index is 1550. The molecule has 0 aliphatic carbocycles. The number of amides is 4. The highest BCUT2D eigenvalue weighted by Gasteiger charge is 2.48. The lowest BCUT2D eigenvalue weighted by Gasteiger charge is -2.44. The molecule has 5 N–H and O–H groups in total. The van der Waals surface area contributed by atoms with Crippen molar-refractivity contribution in [3.63, 3.8) is 0 Å². The predicted molar refractivity (Wildman–Crippen MR) is 198 cm³/mol. The van der Waals surface area contributed by atoms with Crippen LogP contribution in [0.1, 0.15) is 71.6 Å².